The van der Waals surface area contributed by atoms with Crippen molar-refractivity contribution in [3.05, 3.63) is 35.4 Å². The number of rotatable bonds is 3. The van der Waals surface area contributed by atoms with Gasteiger partial charge in [-0.3, -0.25) is 0 Å². The zero-order valence-electron chi connectivity index (χ0n) is 8.88. The number of terminal acetylenes is 1. The van der Waals surface area contributed by atoms with Crippen LogP contribution in [0.25, 0.3) is 0 Å². The van der Waals surface area contributed by atoms with Gasteiger partial charge in [0, 0.05) is 5.56 Å². The van der Waals surface area contributed by atoms with E-state index in [4.69, 9.17) is 12.2 Å². The fraction of sp³-hybridized carbons (Fsp3) is 0.385. The van der Waals surface area contributed by atoms with Gasteiger partial charge in [-0.25, -0.2) is 0 Å². The average molecular weight is 187 g/mol. The van der Waals surface area contributed by atoms with Gasteiger partial charge < -0.3 is 5.73 Å². The monoisotopic (exact) mass is 187 g/mol. The van der Waals surface area contributed by atoms with E-state index < -0.39 is 0 Å². The summed E-state index contributed by atoms with van der Waals surface area (Å²) in [6.07, 6.45) is 6.28. The fourth-order valence-electron chi connectivity index (χ4n) is 1.34. The zero-order valence-corrected chi connectivity index (χ0v) is 8.88. The van der Waals surface area contributed by atoms with Crippen LogP contribution in [0, 0.1) is 17.8 Å². The molecular weight excluding hydrogens is 170 g/mol. The first-order valence-corrected chi connectivity index (χ1v) is 4.83. The lowest BCUT2D eigenvalue weighted by Crippen LogP contribution is -2.25. The molecule has 0 aliphatic carbocycles. The van der Waals surface area contributed by atoms with Gasteiger partial charge in [-0.15, -0.1) is 6.42 Å². The van der Waals surface area contributed by atoms with Crippen LogP contribution >= 0.6 is 0 Å². The summed E-state index contributed by atoms with van der Waals surface area (Å²) in [7, 11) is 0. The number of benzene rings is 1. The Morgan fingerprint density at radius 3 is 2.29 bits per heavy atom. The van der Waals surface area contributed by atoms with E-state index in [-0.39, 0.29) is 5.41 Å². The van der Waals surface area contributed by atoms with Gasteiger partial charge >= 0.3 is 0 Å². The van der Waals surface area contributed by atoms with Gasteiger partial charge in [-0.1, -0.05) is 31.9 Å². The highest BCUT2D eigenvalue weighted by Gasteiger charge is 2.15. The predicted molar refractivity (Wildman–Crippen MR) is 60.9 cm³/mol. The second-order valence-corrected chi connectivity index (χ2v) is 4.39. The van der Waals surface area contributed by atoms with Crippen LogP contribution in [0.5, 0.6) is 0 Å². The molecule has 0 aliphatic rings. The highest BCUT2D eigenvalue weighted by atomic mass is 14.6. The van der Waals surface area contributed by atoms with Crippen LogP contribution in [0.3, 0.4) is 0 Å². The van der Waals surface area contributed by atoms with Crippen LogP contribution in [0.2, 0.25) is 0 Å². The van der Waals surface area contributed by atoms with Gasteiger partial charge in [0.15, 0.2) is 0 Å². The third kappa shape index (κ3) is 2.90. The zero-order chi connectivity index (χ0) is 10.6. The molecule has 0 spiro atoms. The lowest BCUT2D eigenvalue weighted by atomic mass is 9.86. The highest BCUT2D eigenvalue weighted by Crippen LogP contribution is 2.20. The molecule has 0 atom stereocenters. The summed E-state index contributed by atoms with van der Waals surface area (Å²) in [4.78, 5) is 0. The SMILES string of the molecule is C#Cc1ccc(CC(C)(C)CN)cc1. The summed E-state index contributed by atoms with van der Waals surface area (Å²) < 4.78 is 0. The maximum absolute atomic E-state index is 5.68. The number of hydrogen-bond donors (Lipinski definition) is 1. The molecular formula is C13H17N. The Hall–Kier alpha value is -1.26. The quantitative estimate of drug-likeness (QED) is 0.721. The standard InChI is InChI=1S/C13H17N/c1-4-11-5-7-12(8-6-11)9-13(2,3)10-14/h1,5-8H,9-10,14H2,2-3H3. The molecule has 1 nitrogen and oxygen atoms in total. The van der Waals surface area contributed by atoms with Crippen LogP contribution in [0.4, 0.5) is 0 Å². The van der Waals surface area contributed by atoms with Gasteiger partial charge in [0.1, 0.15) is 0 Å². The molecule has 2 N–H and O–H groups in total. The van der Waals surface area contributed by atoms with Crippen LogP contribution in [0.1, 0.15) is 25.0 Å². The second-order valence-electron chi connectivity index (χ2n) is 4.39. The Morgan fingerprint density at radius 1 is 1.29 bits per heavy atom. The molecule has 14 heavy (non-hydrogen) atoms. The van der Waals surface area contributed by atoms with E-state index in [2.05, 4.69) is 31.9 Å². The minimum atomic E-state index is 0.164. The molecule has 0 aliphatic heterocycles. The first kappa shape index (κ1) is 10.8. The molecule has 74 valence electrons. The first-order chi connectivity index (χ1) is 6.57. The maximum Gasteiger partial charge on any atom is 0.0242 e. The number of hydrogen-bond acceptors (Lipinski definition) is 1. The maximum atomic E-state index is 5.68. The Kier molecular flexibility index (Phi) is 3.33. The predicted octanol–water partition coefficient (Wildman–Crippen LogP) is 2.20. The van der Waals surface area contributed by atoms with Crippen molar-refractivity contribution in [3.8, 4) is 12.3 Å². The highest BCUT2D eigenvalue weighted by molar-refractivity contribution is 5.34. The van der Waals surface area contributed by atoms with E-state index in [1.807, 2.05) is 12.1 Å². The molecule has 0 radical (unpaired) electrons. The van der Waals surface area contributed by atoms with Crippen molar-refractivity contribution in [1.29, 1.82) is 0 Å². The van der Waals surface area contributed by atoms with Crippen LogP contribution in [-0.2, 0) is 6.42 Å². The molecule has 0 amide bonds. The van der Waals surface area contributed by atoms with E-state index in [1.54, 1.807) is 0 Å². The third-order valence-electron chi connectivity index (χ3n) is 2.36. The summed E-state index contributed by atoms with van der Waals surface area (Å²) in [6.45, 7) is 5.04. The van der Waals surface area contributed by atoms with Gasteiger partial charge in [0.2, 0.25) is 0 Å². The second kappa shape index (κ2) is 4.30. The fourth-order valence-corrected chi connectivity index (χ4v) is 1.34. The van der Waals surface area contributed by atoms with Gasteiger partial charge in [-0.05, 0) is 36.1 Å². The normalized spacial score (nSPS) is 11.0. The number of nitrogens with two attached hydrogens (primary N) is 1. The summed E-state index contributed by atoms with van der Waals surface area (Å²) in [6, 6.07) is 8.10. The van der Waals surface area contributed by atoms with E-state index >= 15 is 0 Å². The summed E-state index contributed by atoms with van der Waals surface area (Å²) in [5, 5.41) is 0. The largest absolute Gasteiger partial charge is 0.330 e. The Labute approximate surface area is 86.3 Å². The van der Waals surface area contributed by atoms with E-state index in [9.17, 15) is 0 Å². The van der Waals surface area contributed by atoms with Crippen molar-refractivity contribution >= 4 is 0 Å². The van der Waals surface area contributed by atoms with Gasteiger partial charge in [0.05, 0.1) is 0 Å². The molecule has 1 rings (SSSR count). The summed E-state index contributed by atoms with van der Waals surface area (Å²) in [5.41, 5.74) is 8.06. The van der Waals surface area contributed by atoms with Crippen molar-refractivity contribution in [2.45, 2.75) is 20.3 Å². The smallest absolute Gasteiger partial charge is 0.0242 e. The molecule has 0 aromatic heterocycles. The molecule has 0 heterocycles. The molecule has 0 bridgehead atoms. The van der Waals surface area contributed by atoms with Crippen LogP contribution in [0.15, 0.2) is 24.3 Å². The van der Waals surface area contributed by atoms with E-state index in [0.29, 0.717) is 6.54 Å². The van der Waals surface area contributed by atoms with Crippen LogP contribution < -0.4 is 5.73 Å². The molecule has 1 heteroatoms. The average Bonchev–Trinajstić information content (AvgIpc) is 2.19. The molecule has 0 unspecified atom stereocenters. The van der Waals surface area contributed by atoms with E-state index in [1.165, 1.54) is 5.56 Å². The van der Waals surface area contributed by atoms with Crippen molar-refractivity contribution in [2.24, 2.45) is 11.1 Å². The van der Waals surface area contributed by atoms with Crippen molar-refractivity contribution < 1.29 is 0 Å². The van der Waals surface area contributed by atoms with Gasteiger partial charge in [0.25, 0.3) is 0 Å². The summed E-state index contributed by atoms with van der Waals surface area (Å²) in [5.74, 6) is 2.61. The van der Waals surface area contributed by atoms with E-state index in [0.717, 1.165) is 12.0 Å². The minimum absolute atomic E-state index is 0.164. The Balaban J connectivity index is 2.75. The molecule has 0 fully saturated rings. The first-order valence-electron chi connectivity index (χ1n) is 4.83. The minimum Gasteiger partial charge on any atom is -0.330 e. The van der Waals surface area contributed by atoms with Crippen molar-refractivity contribution in [1.82, 2.24) is 0 Å². The lowest BCUT2D eigenvalue weighted by Gasteiger charge is -2.22. The molecule has 0 saturated heterocycles. The Morgan fingerprint density at radius 2 is 1.86 bits per heavy atom. The third-order valence-corrected chi connectivity index (χ3v) is 2.36. The topological polar surface area (TPSA) is 26.0 Å². The Bertz CT molecular complexity index is 327. The van der Waals surface area contributed by atoms with Crippen LogP contribution in [-0.4, -0.2) is 6.54 Å². The lowest BCUT2D eigenvalue weighted by molar-refractivity contribution is 0.377. The van der Waals surface area contributed by atoms with Crippen molar-refractivity contribution in [3.63, 3.8) is 0 Å². The molecule has 1 aromatic rings. The summed E-state index contributed by atoms with van der Waals surface area (Å²) >= 11 is 0. The molecule has 0 saturated carbocycles. The van der Waals surface area contributed by atoms with Crippen molar-refractivity contribution in [2.75, 3.05) is 6.54 Å². The molecule has 1 aromatic carbocycles. The van der Waals surface area contributed by atoms with Gasteiger partial charge in [-0.2, -0.15) is 0 Å².